The highest BCUT2D eigenvalue weighted by atomic mass is 35.5. The third kappa shape index (κ3) is 6.53. The number of benzene rings is 3. The van der Waals surface area contributed by atoms with Crippen molar-refractivity contribution in [1.29, 1.82) is 0 Å². The molecule has 3 N–H and O–H groups in total. The number of aliphatic hydroxyl groups excluding tert-OH is 1. The van der Waals surface area contributed by atoms with Gasteiger partial charge in [-0.25, -0.2) is 14.3 Å². The Kier molecular flexibility index (Phi) is 9.57. The van der Waals surface area contributed by atoms with Crippen LogP contribution < -0.4 is 14.4 Å². The molecule has 12 nitrogen and oxygen atoms in total. The minimum absolute atomic E-state index is 0.0475. The van der Waals surface area contributed by atoms with Crippen molar-refractivity contribution < 1.29 is 43.9 Å². The van der Waals surface area contributed by atoms with Crippen molar-refractivity contribution in [3.63, 3.8) is 0 Å². The lowest BCUT2D eigenvalue weighted by Gasteiger charge is -2.32. The minimum Gasteiger partial charge on any atom is -0.493 e. The molecule has 0 radical (unpaired) electrons. The Bertz CT molecular complexity index is 1840. The second kappa shape index (κ2) is 13.4. The van der Waals surface area contributed by atoms with Crippen LogP contribution in [0.1, 0.15) is 57.5 Å². The van der Waals surface area contributed by atoms with Crippen molar-refractivity contribution >= 4 is 35.1 Å². The number of rotatable bonds is 11. The number of aromatic nitrogens is 2. The molecule has 2 heterocycles. The number of carboxylic acids is 2. The van der Waals surface area contributed by atoms with Crippen molar-refractivity contribution in [2.45, 2.75) is 32.5 Å². The van der Waals surface area contributed by atoms with Crippen LogP contribution in [0.4, 0.5) is 5.69 Å². The molecule has 0 spiro atoms. The lowest BCUT2D eigenvalue weighted by molar-refractivity contribution is -0.132. The number of methoxy groups -OCH3 is 2. The van der Waals surface area contributed by atoms with Crippen LogP contribution in [-0.2, 0) is 16.0 Å². The van der Waals surface area contributed by atoms with Crippen molar-refractivity contribution in [1.82, 2.24) is 9.78 Å². The molecule has 0 saturated heterocycles. The van der Waals surface area contributed by atoms with Gasteiger partial charge in [0.15, 0.2) is 11.5 Å². The summed E-state index contributed by atoms with van der Waals surface area (Å²) in [6.07, 6.45) is -1.50. The van der Waals surface area contributed by atoms with E-state index in [0.717, 1.165) is 6.20 Å². The van der Waals surface area contributed by atoms with E-state index in [2.05, 4.69) is 5.10 Å². The molecule has 13 heteroatoms. The van der Waals surface area contributed by atoms with Crippen molar-refractivity contribution in [2.75, 3.05) is 32.3 Å². The number of nitrogens with zero attached hydrogens (tertiary/aromatic N) is 3. The first-order chi connectivity index (χ1) is 22.4. The summed E-state index contributed by atoms with van der Waals surface area (Å²) in [4.78, 5) is 40.7. The summed E-state index contributed by atoms with van der Waals surface area (Å²) in [7, 11) is 2.97. The molecule has 5 rings (SSSR count). The molecule has 1 aliphatic heterocycles. The number of hydrogen-bond donors (Lipinski definition) is 3. The zero-order valence-electron chi connectivity index (χ0n) is 26.1. The van der Waals surface area contributed by atoms with Crippen molar-refractivity contribution in [3.8, 4) is 17.2 Å². The van der Waals surface area contributed by atoms with Gasteiger partial charge in [0.2, 0.25) is 0 Å². The van der Waals surface area contributed by atoms with Crippen LogP contribution in [0.25, 0.3) is 5.69 Å². The lowest BCUT2D eigenvalue weighted by Crippen LogP contribution is -2.46. The number of aromatic carboxylic acids is 2. The van der Waals surface area contributed by atoms with Crippen LogP contribution in [0.3, 0.4) is 0 Å². The average Bonchev–Trinajstić information content (AvgIpc) is 3.44. The number of aliphatic hydroxyl groups is 1. The van der Waals surface area contributed by atoms with Gasteiger partial charge >= 0.3 is 11.9 Å². The molecule has 0 unspecified atom stereocenters. The fourth-order valence-corrected chi connectivity index (χ4v) is 5.86. The Labute approximate surface area is 275 Å². The summed E-state index contributed by atoms with van der Waals surface area (Å²) in [5.74, 6) is -2.31. The van der Waals surface area contributed by atoms with E-state index in [0.29, 0.717) is 33.3 Å². The van der Waals surface area contributed by atoms with E-state index in [-0.39, 0.29) is 42.1 Å². The highest BCUT2D eigenvalue weighted by Gasteiger charge is 2.41. The second-order valence-corrected chi connectivity index (χ2v) is 12.2. The molecule has 0 aliphatic carbocycles. The molecule has 0 saturated carbocycles. The molecule has 1 aliphatic rings. The maximum Gasteiger partial charge on any atom is 0.339 e. The predicted molar refractivity (Wildman–Crippen MR) is 172 cm³/mol. The van der Waals surface area contributed by atoms with Gasteiger partial charge in [0.25, 0.3) is 5.91 Å². The number of amides is 1. The third-order valence-corrected chi connectivity index (χ3v) is 8.21. The topological polar surface area (TPSA) is 161 Å². The molecule has 0 fully saturated rings. The molecule has 246 valence electrons. The van der Waals surface area contributed by atoms with E-state index in [9.17, 15) is 29.7 Å². The van der Waals surface area contributed by atoms with Crippen LogP contribution in [-0.4, -0.2) is 76.4 Å². The molecular formula is C34H34ClN3O9. The maximum absolute atomic E-state index is 14.6. The van der Waals surface area contributed by atoms with Gasteiger partial charge in [0, 0.05) is 46.8 Å². The number of carbonyl (C=O) groups is 3. The van der Waals surface area contributed by atoms with Crippen LogP contribution in [0, 0.1) is 5.41 Å². The first-order valence-electron chi connectivity index (χ1n) is 14.6. The van der Waals surface area contributed by atoms with E-state index in [1.165, 1.54) is 35.9 Å². The van der Waals surface area contributed by atoms with Crippen LogP contribution in [0.15, 0.2) is 66.9 Å². The summed E-state index contributed by atoms with van der Waals surface area (Å²) in [5, 5.41) is 34.8. The zero-order chi connectivity index (χ0) is 34.0. The largest absolute Gasteiger partial charge is 0.493 e. The second-order valence-electron chi connectivity index (χ2n) is 11.8. The zero-order valence-corrected chi connectivity index (χ0v) is 26.9. The Morgan fingerprint density at radius 1 is 0.957 bits per heavy atom. The monoisotopic (exact) mass is 663 g/mol. The fraction of sp³-hybridized carbons (Fsp3) is 0.294. The Morgan fingerprint density at radius 3 is 2.34 bits per heavy atom. The first-order valence-corrected chi connectivity index (χ1v) is 15.0. The van der Waals surface area contributed by atoms with Gasteiger partial charge in [-0.05, 0) is 36.4 Å². The number of para-hydroxylation sites is 2. The van der Waals surface area contributed by atoms with Gasteiger partial charge in [-0.1, -0.05) is 49.7 Å². The number of ether oxygens (including phenoxy) is 3. The predicted octanol–water partition coefficient (Wildman–Crippen LogP) is 5.02. The van der Waals surface area contributed by atoms with Crippen molar-refractivity contribution in [3.05, 3.63) is 99.8 Å². The minimum atomic E-state index is -1.33. The number of fused-ring (bicyclic) bond motifs is 1. The van der Waals surface area contributed by atoms with E-state index < -0.39 is 35.5 Å². The molecule has 0 bridgehead atoms. The SMILES string of the molecule is COc1cccc([C@H]2O[C@H](Cc3c(C(=O)O)cnn3-c3ccccc3C(=O)O)C(=O)N(CC(C)(C)CO)c3ccc(Cl)cc32)c1OC. The standard InChI is InChI=1S/C34H34ClN3O9/c1-34(2,18-39)17-37-24-13-12-19(35)14-22(24)29(21-9-7-11-27(45-3)30(21)46-4)47-28(31(37)40)15-26-23(33(43)44)16-36-38(26)25-10-6-5-8-20(25)32(41)42/h5-14,16,28-29,39H,15,17-18H2,1-4H3,(H,41,42)(H,43,44)/t28-,29-/m1/s1. The highest BCUT2D eigenvalue weighted by molar-refractivity contribution is 6.30. The van der Waals surface area contributed by atoms with Crippen LogP contribution in [0.2, 0.25) is 5.02 Å². The fourth-order valence-electron chi connectivity index (χ4n) is 5.68. The van der Waals surface area contributed by atoms with E-state index in [1.807, 2.05) is 0 Å². The maximum atomic E-state index is 14.6. The number of anilines is 1. The summed E-state index contributed by atoms with van der Waals surface area (Å²) in [6, 6.07) is 16.3. The molecule has 47 heavy (non-hydrogen) atoms. The first kappa shape index (κ1) is 33.5. The number of halogens is 1. The lowest BCUT2D eigenvalue weighted by atomic mass is 9.92. The van der Waals surface area contributed by atoms with Gasteiger partial charge in [-0.2, -0.15) is 5.10 Å². The molecule has 3 aromatic carbocycles. The van der Waals surface area contributed by atoms with Gasteiger partial charge in [-0.15, -0.1) is 0 Å². The van der Waals surface area contributed by atoms with E-state index in [4.69, 9.17) is 25.8 Å². The molecular weight excluding hydrogens is 630 g/mol. The van der Waals surface area contributed by atoms with Gasteiger partial charge < -0.3 is 34.4 Å². The summed E-state index contributed by atoms with van der Waals surface area (Å²) in [5.41, 5.74) is 0.574. The van der Waals surface area contributed by atoms with Gasteiger partial charge in [0.05, 0.1) is 37.4 Å². The van der Waals surface area contributed by atoms with Gasteiger partial charge in [-0.3, -0.25) is 4.79 Å². The number of carboxylic acid groups (broad SMARTS) is 2. The quantitative estimate of drug-likeness (QED) is 0.199. The van der Waals surface area contributed by atoms with Crippen molar-refractivity contribution in [2.24, 2.45) is 5.41 Å². The Hall–Kier alpha value is -4.91. The number of hydrogen-bond acceptors (Lipinski definition) is 8. The van der Waals surface area contributed by atoms with E-state index >= 15 is 0 Å². The summed E-state index contributed by atoms with van der Waals surface area (Å²) < 4.78 is 19.2. The summed E-state index contributed by atoms with van der Waals surface area (Å²) >= 11 is 6.52. The van der Waals surface area contributed by atoms with Crippen LogP contribution in [0.5, 0.6) is 11.5 Å². The molecule has 1 aromatic heterocycles. The molecule has 4 aromatic rings. The number of carbonyl (C=O) groups excluding carboxylic acids is 1. The van der Waals surface area contributed by atoms with E-state index in [1.54, 1.807) is 62.4 Å². The van der Waals surface area contributed by atoms with Gasteiger partial charge in [0.1, 0.15) is 17.8 Å². The summed E-state index contributed by atoms with van der Waals surface area (Å²) in [6.45, 7) is 3.45. The van der Waals surface area contributed by atoms with Crippen LogP contribution >= 0.6 is 11.6 Å². The third-order valence-electron chi connectivity index (χ3n) is 7.98. The normalized spacial score (nSPS) is 16.4. The Balaban J connectivity index is 1.74. The Morgan fingerprint density at radius 2 is 1.68 bits per heavy atom. The average molecular weight is 664 g/mol. The molecule has 2 atom stereocenters. The molecule has 1 amide bonds. The smallest absolute Gasteiger partial charge is 0.339 e. The highest BCUT2D eigenvalue weighted by Crippen LogP contribution is 2.45.